The van der Waals surface area contributed by atoms with E-state index in [1.165, 1.54) is 24.3 Å². The summed E-state index contributed by atoms with van der Waals surface area (Å²) in [5.41, 5.74) is 3.78. The van der Waals surface area contributed by atoms with Crippen molar-refractivity contribution in [3.8, 4) is 17.6 Å². The summed E-state index contributed by atoms with van der Waals surface area (Å²) >= 11 is 6.26. The maximum Gasteiger partial charge on any atom is 0.322 e. The van der Waals surface area contributed by atoms with E-state index in [0.717, 1.165) is 22.0 Å². The van der Waals surface area contributed by atoms with Crippen molar-refractivity contribution in [2.45, 2.75) is 37.8 Å². The number of fused-ring (bicyclic) bond motifs is 1. The molecule has 0 aliphatic rings. The zero-order chi connectivity index (χ0) is 27.3. The summed E-state index contributed by atoms with van der Waals surface area (Å²) in [6, 6.07) is 17.9. The molecule has 0 amide bonds. The number of hydrogen-bond acceptors (Lipinski definition) is 4. The van der Waals surface area contributed by atoms with Crippen LogP contribution in [0, 0.1) is 18.8 Å². The average Bonchev–Trinajstić information content (AvgIpc) is 3.19. The quantitative estimate of drug-likeness (QED) is 0.270. The molecule has 38 heavy (non-hydrogen) atoms. The van der Waals surface area contributed by atoms with Gasteiger partial charge in [-0.2, -0.15) is 4.72 Å². The lowest BCUT2D eigenvalue weighted by molar-refractivity contribution is -0.138. The Balaban J connectivity index is 1.60. The van der Waals surface area contributed by atoms with E-state index in [0.29, 0.717) is 22.9 Å². The van der Waals surface area contributed by atoms with E-state index in [4.69, 9.17) is 16.3 Å². The molecule has 3 aromatic carbocycles. The fourth-order valence-electron chi connectivity index (χ4n) is 4.21. The number of sulfonamides is 1. The van der Waals surface area contributed by atoms with E-state index in [2.05, 4.69) is 22.6 Å². The number of aromatic nitrogens is 1. The molecule has 0 radical (unpaired) electrons. The molecular formula is C29H27ClN2O5S. The Morgan fingerprint density at radius 1 is 1.13 bits per heavy atom. The fourth-order valence-corrected chi connectivity index (χ4v) is 5.57. The number of nitrogens with zero attached hydrogens (tertiary/aromatic N) is 1. The van der Waals surface area contributed by atoms with Gasteiger partial charge in [0.15, 0.2) is 0 Å². The second-order valence-electron chi connectivity index (χ2n) is 8.84. The number of ether oxygens (including phenoxy) is 1. The molecule has 7 nitrogen and oxygen atoms in total. The first-order valence-electron chi connectivity index (χ1n) is 11.9. The van der Waals surface area contributed by atoms with Gasteiger partial charge in [-0.3, -0.25) is 4.79 Å². The van der Waals surface area contributed by atoms with Gasteiger partial charge in [0.05, 0.1) is 4.90 Å². The number of aryl methyl sites for hydroxylation is 1. The van der Waals surface area contributed by atoms with E-state index in [1.54, 1.807) is 19.1 Å². The van der Waals surface area contributed by atoms with Crippen LogP contribution in [0.1, 0.15) is 23.6 Å². The van der Waals surface area contributed by atoms with Crippen LogP contribution in [-0.4, -0.2) is 36.7 Å². The third-order valence-corrected chi connectivity index (χ3v) is 7.73. The van der Waals surface area contributed by atoms with Crippen LogP contribution in [-0.2, 0) is 27.8 Å². The van der Waals surface area contributed by atoms with Crippen molar-refractivity contribution in [3.05, 3.63) is 94.6 Å². The summed E-state index contributed by atoms with van der Waals surface area (Å²) < 4.78 is 35.9. The summed E-state index contributed by atoms with van der Waals surface area (Å²) in [6.07, 6.45) is 1.79. The van der Waals surface area contributed by atoms with Crippen LogP contribution in [0.3, 0.4) is 0 Å². The summed E-state index contributed by atoms with van der Waals surface area (Å²) in [5, 5.41) is 11.2. The van der Waals surface area contributed by atoms with Crippen LogP contribution in [0.25, 0.3) is 10.9 Å². The van der Waals surface area contributed by atoms with Crippen LogP contribution >= 0.6 is 11.6 Å². The molecular weight excluding hydrogens is 524 g/mol. The highest BCUT2D eigenvalue weighted by molar-refractivity contribution is 7.89. The maximum absolute atomic E-state index is 13.0. The van der Waals surface area contributed by atoms with Gasteiger partial charge in [-0.25, -0.2) is 8.42 Å². The Bertz CT molecular complexity index is 1630. The standard InChI is InChI=1S/C29H27ClN2O5S/c1-3-4-14-37-24-9-11-25(12-10-24)38(35,36)31-27(29(33)34)16-22-19-32(18-21-7-5-6-20(2)15-21)28-13-8-23(30)17-26(22)28/h5-13,15,17,19,27,31H,14,16,18H2,1-2H3,(H,33,34). The molecule has 4 rings (SSSR count). The molecule has 0 bridgehead atoms. The van der Waals surface area contributed by atoms with Gasteiger partial charge >= 0.3 is 5.97 Å². The Labute approximate surface area is 227 Å². The van der Waals surface area contributed by atoms with Crippen LogP contribution in [0.4, 0.5) is 0 Å². The van der Waals surface area contributed by atoms with Gasteiger partial charge in [-0.1, -0.05) is 47.4 Å². The van der Waals surface area contributed by atoms with Gasteiger partial charge in [0, 0.05) is 35.1 Å². The lowest BCUT2D eigenvalue weighted by Crippen LogP contribution is -2.42. The summed E-state index contributed by atoms with van der Waals surface area (Å²) in [5.74, 6) is 4.64. The molecule has 9 heteroatoms. The molecule has 0 saturated heterocycles. The molecule has 0 aliphatic heterocycles. The van der Waals surface area contributed by atoms with Gasteiger partial charge in [-0.15, -0.1) is 5.92 Å². The van der Waals surface area contributed by atoms with E-state index >= 15 is 0 Å². The molecule has 2 N–H and O–H groups in total. The van der Waals surface area contributed by atoms with Gasteiger partial charge in [0.25, 0.3) is 0 Å². The molecule has 1 heterocycles. The van der Waals surface area contributed by atoms with E-state index < -0.39 is 22.0 Å². The minimum atomic E-state index is -4.12. The number of carbonyl (C=O) groups is 1. The zero-order valence-corrected chi connectivity index (χ0v) is 22.5. The lowest BCUT2D eigenvalue weighted by atomic mass is 10.1. The number of hydrogen-bond donors (Lipinski definition) is 2. The van der Waals surface area contributed by atoms with Crippen molar-refractivity contribution in [2.24, 2.45) is 0 Å². The van der Waals surface area contributed by atoms with Crippen molar-refractivity contribution in [1.29, 1.82) is 0 Å². The molecule has 0 spiro atoms. The summed E-state index contributed by atoms with van der Waals surface area (Å²) in [4.78, 5) is 12.1. The molecule has 0 aliphatic carbocycles. The Morgan fingerprint density at radius 2 is 1.89 bits per heavy atom. The minimum absolute atomic E-state index is 0.0664. The van der Waals surface area contributed by atoms with E-state index in [1.807, 2.05) is 42.0 Å². The summed E-state index contributed by atoms with van der Waals surface area (Å²) in [6.45, 7) is 4.47. The summed E-state index contributed by atoms with van der Waals surface area (Å²) in [7, 11) is -4.12. The first-order chi connectivity index (χ1) is 18.2. The predicted octanol–water partition coefficient (Wildman–Crippen LogP) is 5.03. The SMILES string of the molecule is CC#CCOc1ccc(S(=O)(=O)NC(Cc2cn(Cc3cccc(C)c3)c3ccc(Cl)cc23)C(=O)O)cc1. The number of rotatable bonds is 10. The maximum atomic E-state index is 13.0. The number of benzene rings is 3. The van der Waals surface area contributed by atoms with Crippen LogP contribution in [0.2, 0.25) is 5.02 Å². The Hall–Kier alpha value is -3.77. The largest absolute Gasteiger partial charge is 0.481 e. The molecule has 1 atom stereocenters. The van der Waals surface area contributed by atoms with E-state index in [-0.39, 0.29) is 17.9 Å². The molecule has 196 valence electrons. The van der Waals surface area contributed by atoms with Crippen LogP contribution in [0.5, 0.6) is 5.75 Å². The minimum Gasteiger partial charge on any atom is -0.481 e. The number of aliphatic carboxylic acids is 1. The average molecular weight is 551 g/mol. The molecule has 0 fully saturated rings. The van der Waals surface area contributed by atoms with Crippen molar-refractivity contribution in [1.82, 2.24) is 9.29 Å². The van der Waals surface area contributed by atoms with Crippen molar-refractivity contribution >= 4 is 38.5 Å². The lowest BCUT2D eigenvalue weighted by Gasteiger charge is -2.15. The highest BCUT2D eigenvalue weighted by Crippen LogP contribution is 2.27. The highest BCUT2D eigenvalue weighted by atomic mass is 35.5. The number of halogens is 1. The number of nitrogens with one attached hydrogen (secondary N) is 1. The smallest absolute Gasteiger partial charge is 0.322 e. The first-order valence-corrected chi connectivity index (χ1v) is 13.7. The first kappa shape index (κ1) is 27.3. The molecule has 4 aromatic rings. The van der Waals surface area contributed by atoms with Gasteiger partial charge in [0.2, 0.25) is 10.0 Å². The fraction of sp³-hybridized carbons (Fsp3) is 0.207. The topological polar surface area (TPSA) is 97.6 Å². The van der Waals surface area contributed by atoms with E-state index in [9.17, 15) is 18.3 Å². The second kappa shape index (κ2) is 11.7. The van der Waals surface area contributed by atoms with Gasteiger partial charge in [-0.05, 0) is 67.4 Å². The van der Waals surface area contributed by atoms with Crippen molar-refractivity contribution in [3.63, 3.8) is 0 Å². The Kier molecular flexibility index (Phi) is 8.42. The van der Waals surface area contributed by atoms with Crippen molar-refractivity contribution < 1.29 is 23.1 Å². The predicted molar refractivity (Wildman–Crippen MR) is 148 cm³/mol. The van der Waals surface area contributed by atoms with Crippen molar-refractivity contribution in [2.75, 3.05) is 6.61 Å². The second-order valence-corrected chi connectivity index (χ2v) is 11.0. The molecule has 1 aromatic heterocycles. The zero-order valence-electron chi connectivity index (χ0n) is 20.9. The Morgan fingerprint density at radius 3 is 2.58 bits per heavy atom. The number of carboxylic acids is 1. The monoisotopic (exact) mass is 550 g/mol. The normalized spacial score (nSPS) is 12.1. The number of carboxylic acid groups (broad SMARTS) is 1. The van der Waals surface area contributed by atoms with Crippen LogP contribution < -0.4 is 9.46 Å². The van der Waals surface area contributed by atoms with Gasteiger partial charge in [0.1, 0.15) is 18.4 Å². The molecule has 0 saturated carbocycles. The molecule has 1 unspecified atom stereocenters. The highest BCUT2D eigenvalue weighted by Gasteiger charge is 2.27. The van der Waals surface area contributed by atoms with Gasteiger partial charge < -0.3 is 14.4 Å². The third-order valence-electron chi connectivity index (χ3n) is 6.00. The third kappa shape index (κ3) is 6.56. The van der Waals surface area contributed by atoms with Crippen LogP contribution in [0.15, 0.2) is 77.8 Å².